The Morgan fingerprint density at radius 3 is 2.45 bits per heavy atom. The second-order valence-electron chi connectivity index (χ2n) is 4.10. The average molecular weight is 333 g/mol. The molecular formula is C13H14Cl2N2O2S. The van der Waals surface area contributed by atoms with Gasteiger partial charge in [-0.05, 0) is 18.4 Å². The van der Waals surface area contributed by atoms with Crippen LogP contribution in [0.1, 0.15) is 10.4 Å². The van der Waals surface area contributed by atoms with Gasteiger partial charge in [0.05, 0.1) is 28.8 Å². The molecule has 0 radical (unpaired) electrons. The van der Waals surface area contributed by atoms with Crippen LogP contribution in [0.5, 0.6) is 0 Å². The predicted octanol–water partition coefficient (Wildman–Crippen LogP) is 3.18. The van der Waals surface area contributed by atoms with Gasteiger partial charge in [-0.25, -0.2) is 0 Å². The molecular weight excluding hydrogens is 319 g/mol. The van der Waals surface area contributed by atoms with Gasteiger partial charge in [-0.2, -0.15) is 4.99 Å². The second-order valence-corrected chi connectivity index (χ2v) is 5.69. The molecule has 0 spiro atoms. The Labute approximate surface area is 132 Å². The van der Waals surface area contributed by atoms with Gasteiger partial charge < -0.3 is 9.64 Å². The number of nitrogens with zero attached hydrogens (tertiary/aromatic N) is 2. The first kappa shape index (κ1) is 15.6. The predicted molar refractivity (Wildman–Crippen MR) is 84.1 cm³/mol. The maximum Gasteiger partial charge on any atom is 0.282 e. The number of amides is 1. The fraction of sp³-hybridized carbons (Fsp3) is 0.385. The lowest BCUT2D eigenvalue weighted by atomic mass is 10.2. The number of halogens is 2. The minimum atomic E-state index is -0.420. The van der Waals surface area contributed by atoms with E-state index in [9.17, 15) is 4.79 Å². The first-order valence-corrected chi connectivity index (χ1v) is 8.05. The van der Waals surface area contributed by atoms with Gasteiger partial charge in [-0.1, -0.05) is 41.0 Å². The molecule has 20 heavy (non-hydrogen) atoms. The number of amidine groups is 1. The highest BCUT2D eigenvalue weighted by atomic mass is 35.5. The quantitative estimate of drug-likeness (QED) is 0.585. The Balaban J connectivity index is 2.25. The molecule has 0 unspecified atom stereocenters. The standard InChI is InChI=1S/C13H14Cl2N2O2S/c1-20-13(17-5-7-19-8-6-17)16-12(18)11-9(14)3-2-4-10(11)15/h2-4H,5-8H2,1H3. The van der Waals surface area contributed by atoms with E-state index in [0.29, 0.717) is 28.4 Å². The summed E-state index contributed by atoms with van der Waals surface area (Å²) in [6.45, 7) is 2.73. The number of benzene rings is 1. The summed E-state index contributed by atoms with van der Waals surface area (Å²) in [6, 6.07) is 4.95. The molecule has 1 fully saturated rings. The number of rotatable bonds is 1. The summed E-state index contributed by atoms with van der Waals surface area (Å²) in [5.41, 5.74) is 0.246. The van der Waals surface area contributed by atoms with E-state index in [-0.39, 0.29) is 5.56 Å². The molecule has 0 aliphatic carbocycles. The summed E-state index contributed by atoms with van der Waals surface area (Å²) >= 11 is 13.5. The highest BCUT2D eigenvalue weighted by Crippen LogP contribution is 2.25. The third kappa shape index (κ3) is 3.67. The van der Waals surface area contributed by atoms with Gasteiger partial charge in [0, 0.05) is 13.1 Å². The van der Waals surface area contributed by atoms with Gasteiger partial charge in [0.15, 0.2) is 5.17 Å². The molecule has 0 atom stereocenters. The van der Waals surface area contributed by atoms with Crippen LogP contribution in [0.2, 0.25) is 10.0 Å². The third-order valence-electron chi connectivity index (χ3n) is 2.84. The number of carbonyl (C=O) groups excluding carboxylic acids is 1. The van der Waals surface area contributed by atoms with Crippen LogP contribution < -0.4 is 0 Å². The molecule has 0 saturated carbocycles. The molecule has 2 rings (SSSR count). The van der Waals surface area contributed by atoms with Crippen molar-refractivity contribution >= 4 is 46.0 Å². The van der Waals surface area contributed by atoms with Crippen molar-refractivity contribution in [2.45, 2.75) is 0 Å². The fourth-order valence-corrected chi connectivity index (χ4v) is 3.02. The van der Waals surface area contributed by atoms with Gasteiger partial charge in [0.1, 0.15) is 0 Å². The molecule has 1 aliphatic heterocycles. The highest BCUT2D eigenvalue weighted by Gasteiger charge is 2.19. The molecule has 7 heteroatoms. The zero-order chi connectivity index (χ0) is 14.5. The number of morpholine rings is 1. The van der Waals surface area contributed by atoms with Gasteiger partial charge in [0.25, 0.3) is 5.91 Å². The van der Waals surface area contributed by atoms with E-state index in [2.05, 4.69) is 4.99 Å². The van der Waals surface area contributed by atoms with Crippen LogP contribution in [0.15, 0.2) is 23.2 Å². The van der Waals surface area contributed by atoms with Gasteiger partial charge in [0.2, 0.25) is 0 Å². The third-order valence-corrected chi connectivity index (χ3v) is 4.18. The van der Waals surface area contributed by atoms with Crippen LogP contribution in [0.3, 0.4) is 0 Å². The Bertz CT molecular complexity index is 511. The summed E-state index contributed by atoms with van der Waals surface area (Å²) in [5.74, 6) is -0.420. The summed E-state index contributed by atoms with van der Waals surface area (Å²) in [7, 11) is 0. The van der Waals surface area contributed by atoms with Crippen molar-refractivity contribution in [3.05, 3.63) is 33.8 Å². The molecule has 0 N–H and O–H groups in total. The van der Waals surface area contributed by atoms with E-state index in [1.165, 1.54) is 11.8 Å². The zero-order valence-electron chi connectivity index (χ0n) is 10.9. The molecule has 108 valence electrons. The molecule has 1 aromatic carbocycles. The molecule has 0 bridgehead atoms. The van der Waals surface area contributed by atoms with E-state index >= 15 is 0 Å². The van der Waals surface area contributed by atoms with Crippen molar-refractivity contribution in [1.82, 2.24) is 4.90 Å². The minimum Gasteiger partial charge on any atom is -0.378 e. The van der Waals surface area contributed by atoms with Gasteiger partial charge in [-0.3, -0.25) is 4.79 Å². The van der Waals surface area contributed by atoms with Crippen LogP contribution in [0.4, 0.5) is 0 Å². The van der Waals surface area contributed by atoms with E-state index in [4.69, 9.17) is 27.9 Å². The maximum atomic E-state index is 12.3. The number of ether oxygens (including phenoxy) is 1. The summed E-state index contributed by atoms with van der Waals surface area (Å²) in [5, 5.41) is 1.29. The summed E-state index contributed by atoms with van der Waals surface area (Å²) in [4.78, 5) is 18.4. The van der Waals surface area contributed by atoms with Crippen LogP contribution in [0, 0.1) is 0 Å². The highest BCUT2D eigenvalue weighted by molar-refractivity contribution is 8.13. The number of thioether (sulfide) groups is 1. The van der Waals surface area contributed by atoms with Crippen LogP contribution in [0.25, 0.3) is 0 Å². The van der Waals surface area contributed by atoms with Crippen molar-refractivity contribution in [1.29, 1.82) is 0 Å². The first-order valence-electron chi connectivity index (χ1n) is 6.07. The lowest BCUT2D eigenvalue weighted by molar-refractivity contribution is 0.0689. The second kappa shape index (κ2) is 7.31. The topological polar surface area (TPSA) is 41.9 Å². The van der Waals surface area contributed by atoms with E-state index in [1.807, 2.05) is 11.2 Å². The molecule has 4 nitrogen and oxygen atoms in total. The number of hydrogen-bond donors (Lipinski definition) is 0. The number of hydrogen-bond acceptors (Lipinski definition) is 3. The minimum absolute atomic E-state index is 0.246. The van der Waals surface area contributed by atoms with Gasteiger partial charge in [-0.15, -0.1) is 0 Å². The summed E-state index contributed by atoms with van der Waals surface area (Å²) in [6.07, 6.45) is 1.88. The largest absolute Gasteiger partial charge is 0.378 e. The van der Waals surface area contributed by atoms with E-state index in [0.717, 1.165) is 13.1 Å². The molecule has 0 aromatic heterocycles. The fourth-order valence-electron chi connectivity index (χ4n) is 1.84. The number of aliphatic imine (C=N–C) groups is 1. The van der Waals surface area contributed by atoms with Crippen molar-refractivity contribution in [3.8, 4) is 0 Å². The molecule has 1 heterocycles. The Morgan fingerprint density at radius 1 is 1.30 bits per heavy atom. The monoisotopic (exact) mass is 332 g/mol. The lowest BCUT2D eigenvalue weighted by Crippen LogP contribution is -2.39. The smallest absolute Gasteiger partial charge is 0.282 e. The molecule has 1 amide bonds. The van der Waals surface area contributed by atoms with Crippen molar-refractivity contribution in [2.24, 2.45) is 4.99 Å². The first-order chi connectivity index (χ1) is 9.63. The number of carbonyl (C=O) groups is 1. The Morgan fingerprint density at radius 2 is 1.90 bits per heavy atom. The average Bonchev–Trinajstić information content (AvgIpc) is 2.45. The zero-order valence-corrected chi connectivity index (χ0v) is 13.3. The van der Waals surface area contributed by atoms with Crippen LogP contribution >= 0.6 is 35.0 Å². The molecule has 1 saturated heterocycles. The van der Waals surface area contributed by atoms with E-state index in [1.54, 1.807) is 18.2 Å². The van der Waals surface area contributed by atoms with E-state index < -0.39 is 5.91 Å². The lowest BCUT2D eigenvalue weighted by Gasteiger charge is -2.28. The van der Waals surface area contributed by atoms with Crippen LogP contribution in [-0.4, -0.2) is 48.5 Å². The van der Waals surface area contributed by atoms with Crippen molar-refractivity contribution in [2.75, 3.05) is 32.6 Å². The molecule has 1 aromatic rings. The summed E-state index contributed by atoms with van der Waals surface area (Å²) < 4.78 is 5.29. The Hall–Kier alpha value is -0.750. The van der Waals surface area contributed by atoms with Gasteiger partial charge >= 0.3 is 0 Å². The SMILES string of the molecule is CSC(=NC(=O)c1c(Cl)cccc1Cl)N1CCOCC1. The normalized spacial score (nSPS) is 16.4. The van der Waals surface area contributed by atoms with Crippen molar-refractivity contribution < 1.29 is 9.53 Å². The van der Waals surface area contributed by atoms with Crippen LogP contribution in [-0.2, 0) is 4.74 Å². The Kier molecular flexibility index (Phi) is 5.72. The van der Waals surface area contributed by atoms with Crippen molar-refractivity contribution in [3.63, 3.8) is 0 Å². The molecule has 1 aliphatic rings. The maximum absolute atomic E-state index is 12.3.